The average molecular weight is 305 g/mol. The van der Waals surface area contributed by atoms with Crippen LogP contribution in [0.2, 0.25) is 0 Å². The SMILES string of the molecule is N=C1c2cc3c(nc2CCC1(CN)c1ccccc1)CCCC3. The van der Waals surface area contributed by atoms with Gasteiger partial charge in [-0.25, -0.2) is 0 Å². The van der Waals surface area contributed by atoms with Gasteiger partial charge < -0.3 is 11.1 Å². The van der Waals surface area contributed by atoms with Crippen molar-refractivity contribution in [3.05, 3.63) is 64.5 Å². The third kappa shape index (κ3) is 2.22. The summed E-state index contributed by atoms with van der Waals surface area (Å²) in [5.41, 5.74) is 12.4. The fraction of sp³-hybridized carbons (Fsp3) is 0.400. The number of benzene rings is 1. The van der Waals surface area contributed by atoms with Crippen LogP contribution in [0, 0.1) is 5.41 Å². The molecule has 1 heterocycles. The maximum Gasteiger partial charge on any atom is 0.0523 e. The van der Waals surface area contributed by atoms with Crippen LogP contribution in [-0.2, 0) is 24.7 Å². The number of aromatic nitrogens is 1. The molecule has 23 heavy (non-hydrogen) atoms. The zero-order valence-electron chi connectivity index (χ0n) is 13.4. The molecule has 0 radical (unpaired) electrons. The van der Waals surface area contributed by atoms with E-state index < -0.39 is 0 Å². The summed E-state index contributed by atoms with van der Waals surface area (Å²) >= 11 is 0. The third-order valence-corrected chi connectivity index (χ3v) is 5.59. The molecule has 3 heteroatoms. The molecule has 1 atom stereocenters. The summed E-state index contributed by atoms with van der Waals surface area (Å²) in [6.07, 6.45) is 6.47. The molecular formula is C20H23N3. The van der Waals surface area contributed by atoms with E-state index in [9.17, 15) is 0 Å². The van der Waals surface area contributed by atoms with Crippen molar-refractivity contribution in [3.63, 3.8) is 0 Å². The van der Waals surface area contributed by atoms with Gasteiger partial charge in [0.25, 0.3) is 0 Å². The molecular weight excluding hydrogens is 282 g/mol. The van der Waals surface area contributed by atoms with Crippen molar-refractivity contribution in [1.29, 1.82) is 5.41 Å². The van der Waals surface area contributed by atoms with E-state index >= 15 is 0 Å². The van der Waals surface area contributed by atoms with Crippen molar-refractivity contribution in [2.45, 2.75) is 43.9 Å². The molecule has 1 aromatic heterocycles. The van der Waals surface area contributed by atoms with Crippen LogP contribution in [-0.4, -0.2) is 17.2 Å². The zero-order chi connectivity index (χ0) is 15.9. The first-order chi connectivity index (χ1) is 11.2. The number of hydrogen-bond donors (Lipinski definition) is 2. The first kappa shape index (κ1) is 14.6. The topological polar surface area (TPSA) is 62.8 Å². The van der Waals surface area contributed by atoms with Gasteiger partial charge in [-0.15, -0.1) is 0 Å². The van der Waals surface area contributed by atoms with Crippen LogP contribution in [0.5, 0.6) is 0 Å². The number of nitrogens with one attached hydrogen (secondary N) is 1. The van der Waals surface area contributed by atoms with Crippen LogP contribution < -0.4 is 5.73 Å². The molecule has 0 spiro atoms. The molecule has 0 saturated carbocycles. The lowest BCUT2D eigenvalue weighted by molar-refractivity contribution is 0.513. The molecule has 1 aromatic carbocycles. The summed E-state index contributed by atoms with van der Waals surface area (Å²) in [4.78, 5) is 4.92. The van der Waals surface area contributed by atoms with Gasteiger partial charge >= 0.3 is 0 Å². The predicted octanol–water partition coefficient (Wildman–Crippen LogP) is 3.17. The summed E-state index contributed by atoms with van der Waals surface area (Å²) < 4.78 is 0. The zero-order valence-corrected chi connectivity index (χ0v) is 13.4. The van der Waals surface area contributed by atoms with E-state index in [-0.39, 0.29) is 5.41 Å². The first-order valence-electron chi connectivity index (χ1n) is 8.61. The third-order valence-electron chi connectivity index (χ3n) is 5.59. The lowest BCUT2D eigenvalue weighted by Gasteiger charge is -2.38. The average Bonchev–Trinajstić information content (AvgIpc) is 2.62. The van der Waals surface area contributed by atoms with Crippen molar-refractivity contribution in [1.82, 2.24) is 4.98 Å². The van der Waals surface area contributed by atoms with E-state index in [2.05, 4.69) is 18.2 Å². The second kappa shape index (κ2) is 5.57. The lowest BCUT2D eigenvalue weighted by Crippen LogP contribution is -2.46. The van der Waals surface area contributed by atoms with Crippen molar-refractivity contribution >= 4 is 5.71 Å². The van der Waals surface area contributed by atoms with Crippen LogP contribution in [0.15, 0.2) is 36.4 Å². The van der Waals surface area contributed by atoms with Crippen molar-refractivity contribution in [3.8, 4) is 0 Å². The van der Waals surface area contributed by atoms with Crippen LogP contribution in [0.3, 0.4) is 0 Å². The highest BCUT2D eigenvalue weighted by molar-refractivity contribution is 6.08. The summed E-state index contributed by atoms with van der Waals surface area (Å²) in [6, 6.07) is 12.6. The summed E-state index contributed by atoms with van der Waals surface area (Å²) in [6.45, 7) is 0.479. The Morgan fingerprint density at radius 2 is 1.83 bits per heavy atom. The van der Waals surface area contributed by atoms with E-state index in [1.54, 1.807) is 0 Å². The van der Waals surface area contributed by atoms with Gasteiger partial charge in [-0.05, 0) is 55.7 Å². The van der Waals surface area contributed by atoms with E-state index in [0.29, 0.717) is 12.3 Å². The molecule has 2 aliphatic rings. The number of hydrogen-bond acceptors (Lipinski definition) is 3. The Labute approximate surface area is 137 Å². The number of rotatable bonds is 2. The minimum Gasteiger partial charge on any atom is -0.329 e. The lowest BCUT2D eigenvalue weighted by atomic mass is 9.66. The smallest absolute Gasteiger partial charge is 0.0523 e. The Bertz CT molecular complexity index is 751. The molecule has 3 N–H and O–H groups in total. The van der Waals surface area contributed by atoms with Gasteiger partial charge in [-0.3, -0.25) is 4.98 Å². The number of aryl methyl sites for hydroxylation is 3. The Balaban J connectivity index is 1.82. The second-order valence-corrected chi connectivity index (χ2v) is 6.82. The molecule has 0 aliphatic heterocycles. The highest BCUT2D eigenvalue weighted by Gasteiger charge is 2.41. The van der Waals surface area contributed by atoms with Crippen LogP contribution >= 0.6 is 0 Å². The number of fused-ring (bicyclic) bond motifs is 2. The minimum absolute atomic E-state index is 0.362. The molecule has 0 fully saturated rings. The monoisotopic (exact) mass is 305 g/mol. The van der Waals surface area contributed by atoms with E-state index in [4.69, 9.17) is 16.1 Å². The largest absolute Gasteiger partial charge is 0.329 e. The van der Waals surface area contributed by atoms with Gasteiger partial charge in [-0.2, -0.15) is 0 Å². The molecule has 0 amide bonds. The number of pyridine rings is 1. The predicted molar refractivity (Wildman–Crippen MR) is 93.2 cm³/mol. The van der Waals surface area contributed by atoms with E-state index in [1.165, 1.54) is 24.1 Å². The van der Waals surface area contributed by atoms with Gasteiger partial charge in [0.1, 0.15) is 0 Å². The summed E-state index contributed by atoms with van der Waals surface area (Å²) in [5, 5.41) is 8.91. The molecule has 3 nitrogen and oxygen atoms in total. The maximum atomic E-state index is 8.91. The van der Waals surface area contributed by atoms with Gasteiger partial charge in [0, 0.05) is 23.5 Å². The van der Waals surface area contributed by atoms with Gasteiger partial charge in [0.2, 0.25) is 0 Å². The highest BCUT2D eigenvalue weighted by Crippen LogP contribution is 2.38. The van der Waals surface area contributed by atoms with Crippen LogP contribution in [0.4, 0.5) is 0 Å². The van der Waals surface area contributed by atoms with Gasteiger partial charge in [0.05, 0.1) is 11.1 Å². The van der Waals surface area contributed by atoms with E-state index in [0.717, 1.165) is 42.5 Å². The van der Waals surface area contributed by atoms with Crippen LogP contribution in [0.25, 0.3) is 0 Å². The Morgan fingerprint density at radius 1 is 1.04 bits per heavy atom. The van der Waals surface area contributed by atoms with Crippen molar-refractivity contribution in [2.24, 2.45) is 5.73 Å². The normalized spacial score (nSPS) is 23.3. The van der Waals surface area contributed by atoms with Crippen molar-refractivity contribution in [2.75, 3.05) is 6.54 Å². The Hall–Kier alpha value is -2.00. The molecule has 0 bridgehead atoms. The molecule has 0 saturated heterocycles. The maximum absolute atomic E-state index is 8.91. The second-order valence-electron chi connectivity index (χ2n) is 6.82. The first-order valence-corrected chi connectivity index (χ1v) is 8.61. The number of nitrogens with two attached hydrogens (primary N) is 1. The summed E-state index contributed by atoms with van der Waals surface area (Å²) in [7, 11) is 0. The molecule has 118 valence electrons. The standard InChI is InChI=1S/C20H23N3/c21-13-20(15-7-2-1-3-8-15)11-10-18-16(19(20)22)12-14-6-4-5-9-17(14)23-18/h1-3,7-8,12,22H,4-6,9-11,13,21H2. The fourth-order valence-electron chi connectivity index (χ4n) is 4.17. The van der Waals surface area contributed by atoms with Gasteiger partial charge in [-0.1, -0.05) is 30.3 Å². The quantitative estimate of drug-likeness (QED) is 0.895. The van der Waals surface area contributed by atoms with Crippen molar-refractivity contribution < 1.29 is 0 Å². The summed E-state index contributed by atoms with van der Waals surface area (Å²) in [5.74, 6) is 0. The minimum atomic E-state index is -0.362. The molecule has 2 aliphatic carbocycles. The number of nitrogens with zero attached hydrogens (tertiary/aromatic N) is 1. The van der Waals surface area contributed by atoms with Crippen LogP contribution in [0.1, 0.15) is 47.3 Å². The van der Waals surface area contributed by atoms with Gasteiger partial charge in [0.15, 0.2) is 0 Å². The molecule has 2 aromatic rings. The van der Waals surface area contributed by atoms with E-state index in [1.807, 2.05) is 18.2 Å². The highest BCUT2D eigenvalue weighted by atomic mass is 14.8. The fourth-order valence-corrected chi connectivity index (χ4v) is 4.17. The Kier molecular flexibility index (Phi) is 3.53. The molecule has 4 rings (SSSR count). The Morgan fingerprint density at radius 3 is 2.61 bits per heavy atom. The molecule has 1 unspecified atom stereocenters.